The van der Waals surface area contributed by atoms with E-state index in [1.54, 1.807) is 6.07 Å². The van der Waals surface area contributed by atoms with Crippen LogP contribution in [0.15, 0.2) is 6.07 Å². The number of anilines is 1. The molecule has 0 spiro atoms. The Morgan fingerprint density at radius 2 is 2.36 bits per heavy atom. The molecule has 0 aliphatic carbocycles. The highest BCUT2D eigenvalue weighted by atomic mass is 35.5. The van der Waals surface area contributed by atoms with Crippen molar-refractivity contribution in [3.05, 3.63) is 17.0 Å². The fraction of sp³-hybridized carbons (Fsp3) is 0.556. The molecule has 1 atom stereocenters. The highest BCUT2D eigenvalue weighted by Crippen LogP contribution is 2.19. The molecule has 2 heterocycles. The number of nitrogens with two attached hydrogens (primary N) is 1. The first-order chi connectivity index (χ1) is 6.65. The molecule has 4 nitrogen and oxygen atoms in total. The lowest BCUT2D eigenvalue weighted by Gasteiger charge is -2.16. The Hall–Kier alpha value is -0.870. The topological polar surface area (TPSA) is 55.0 Å². The maximum atomic E-state index is 5.86. The SMILES string of the molecule is Cc1nc(Cl)cc(N2CC[C@@H](N)C2)n1. The molecule has 1 aliphatic heterocycles. The van der Waals surface area contributed by atoms with Crippen LogP contribution in [0.2, 0.25) is 5.15 Å². The molecule has 5 heteroatoms. The van der Waals surface area contributed by atoms with Crippen LogP contribution in [-0.2, 0) is 0 Å². The monoisotopic (exact) mass is 212 g/mol. The second-order valence-electron chi connectivity index (χ2n) is 3.59. The van der Waals surface area contributed by atoms with E-state index in [-0.39, 0.29) is 6.04 Å². The van der Waals surface area contributed by atoms with Crippen molar-refractivity contribution in [3.8, 4) is 0 Å². The molecule has 0 radical (unpaired) electrons. The predicted octanol–water partition coefficient (Wildman–Crippen LogP) is 0.976. The highest BCUT2D eigenvalue weighted by molar-refractivity contribution is 6.29. The zero-order valence-electron chi connectivity index (χ0n) is 8.07. The largest absolute Gasteiger partial charge is 0.355 e. The number of aryl methyl sites for hydroxylation is 1. The third-order valence-electron chi connectivity index (χ3n) is 2.34. The normalized spacial score (nSPS) is 21.6. The summed E-state index contributed by atoms with van der Waals surface area (Å²) in [6, 6.07) is 2.04. The first-order valence-electron chi connectivity index (χ1n) is 4.67. The number of hydrogen-bond donors (Lipinski definition) is 1. The molecule has 76 valence electrons. The second-order valence-corrected chi connectivity index (χ2v) is 3.98. The van der Waals surface area contributed by atoms with Crippen molar-refractivity contribution in [1.82, 2.24) is 9.97 Å². The van der Waals surface area contributed by atoms with Crippen LogP contribution in [0, 0.1) is 6.92 Å². The van der Waals surface area contributed by atoms with E-state index in [0.717, 1.165) is 25.3 Å². The Bertz CT molecular complexity index is 321. The highest BCUT2D eigenvalue weighted by Gasteiger charge is 2.20. The van der Waals surface area contributed by atoms with Crippen molar-refractivity contribution in [1.29, 1.82) is 0 Å². The molecule has 0 unspecified atom stereocenters. The molecule has 0 amide bonds. The van der Waals surface area contributed by atoms with Crippen LogP contribution in [0.1, 0.15) is 12.2 Å². The quantitative estimate of drug-likeness (QED) is 0.705. The summed E-state index contributed by atoms with van der Waals surface area (Å²) in [4.78, 5) is 10.5. The zero-order valence-corrected chi connectivity index (χ0v) is 8.83. The molecule has 1 saturated heterocycles. The minimum absolute atomic E-state index is 0.254. The van der Waals surface area contributed by atoms with E-state index < -0.39 is 0 Å². The molecule has 1 fully saturated rings. The van der Waals surface area contributed by atoms with Gasteiger partial charge >= 0.3 is 0 Å². The van der Waals surface area contributed by atoms with E-state index >= 15 is 0 Å². The summed E-state index contributed by atoms with van der Waals surface area (Å²) in [5.74, 6) is 1.59. The molecule has 2 rings (SSSR count). The van der Waals surface area contributed by atoms with Gasteiger partial charge in [0.2, 0.25) is 0 Å². The molecule has 0 bridgehead atoms. The van der Waals surface area contributed by atoms with Crippen LogP contribution >= 0.6 is 11.6 Å². The molecule has 1 aliphatic rings. The van der Waals surface area contributed by atoms with Gasteiger partial charge in [-0.3, -0.25) is 0 Å². The van der Waals surface area contributed by atoms with Crippen LogP contribution in [0.3, 0.4) is 0 Å². The van der Waals surface area contributed by atoms with E-state index in [2.05, 4.69) is 14.9 Å². The van der Waals surface area contributed by atoms with E-state index in [4.69, 9.17) is 17.3 Å². The molecule has 14 heavy (non-hydrogen) atoms. The average molecular weight is 213 g/mol. The van der Waals surface area contributed by atoms with Crippen molar-refractivity contribution >= 4 is 17.4 Å². The van der Waals surface area contributed by atoms with E-state index in [9.17, 15) is 0 Å². The Morgan fingerprint density at radius 1 is 1.57 bits per heavy atom. The van der Waals surface area contributed by atoms with Crippen LogP contribution in [0.5, 0.6) is 0 Å². The minimum atomic E-state index is 0.254. The maximum absolute atomic E-state index is 5.86. The van der Waals surface area contributed by atoms with Crippen molar-refractivity contribution in [2.45, 2.75) is 19.4 Å². The molecular weight excluding hydrogens is 200 g/mol. The minimum Gasteiger partial charge on any atom is -0.355 e. The third kappa shape index (κ3) is 1.96. The first-order valence-corrected chi connectivity index (χ1v) is 5.04. The van der Waals surface area contributed by atoms with Crippen molar-refractivity contribution < 1.29 is 0 Å². The van der Waals surface area contributed by atoms with Gasteiger partial charge in [0.15, 0.2) is 0 Å². The lowest BCUT2D eigenvalue weighted by molar-refractivity contribution is 0.751. The van der Waals surface area contributed by atoms with Crippen LogP contribution in [0.4, 0.5) is 5.82 Å². The Balaban J connectivity index is 2.23. The van der Waals surface area contributed by atoms with Crippen molar-refractivity contribution in [3.63, 3.8) is 0 Å². The number of nitrogens with zero attached hydrogens (tertiary/aromatic N) is 3. The van der Waals surface area contributed by atoms with Gasteiger partial charge in [0.05, 0.1) is 0 Å². The van der Waals surface area contributed by atoms with E-state index in [1.165, 1.54) is 0 Å². The van der Waals surface area contributed by atoms with Gasteiger partial charge in [0.1, 0.15) is 16.8 Å². The Kier molecular flexibility index (Phi) is 2.56. The van der Waals surface area contributed by atoms with E-state index in [1.807, 2.05) is 6.92 Å². The van der Waals surface area contributed by atoms with Crippen LogP contribution in [0.25, 0.3) is 0 Å². The van der Waals surface area contributed by atoms with Crippen LogP contribution in [-0.4, -0.2) is 29.1 Å². The van der Waals surface area contributed by atoms with Crippen LogP contribution < -0.4 is 10.6 Å². The lowest BCUT2D eigenvalue weighted by atomic mass is 10.3. The molecule has 1 aromatic heterocycles. The summed E-state index contributed by atoms with van der Waals surface area (Å²) in [6.07, 6.45) is 1.01. The van der Waals surface area contributed by atoms with Gasteiger partial charge in [-0.15, -0.1) is 0 Å². The number of halogens is 1. The fourth-order valence-corrected chi connectivity index (χ4v) is 1.89. The average Bonchev–Trinajstić information content (AvgIpc) is 2.50. The summed E-state index contributed by atoms with van der Waals surface area (Å²) in [5.41, 5.74) is 5.82. The Labute approximate surface area is 88.1 Å². The van der Waals surface area contributed by atoms with E-state index in [0.29, 0.717) is 11.0 Å². The molecule has 0 saturated carbocycles. The lowest BCUT2D eigenvalue weighted by Crippen LogP contribution is -2.27. The van der Waals surface area contributed by atoms with Gasteiger partial charge in [-0.25, -0.2) is 9.97 Å². The summed E-state index contributed by atoms with van der Waals surface area (Å²) in [7, 11) is 0. The summed E-state index contributed by atoms with van der Waals surface area (Å²) >= 11 is 5.86. The van der Waals surface area contributed by atoms with Gasteiger partial charge in [0, 0.05) is 25.2 Å². The van der Waals surface area contributed by atoms with Gasteiger partial charge in [-0.2, -0.15) is 0 Å². The molecule has 2 N–H and O–H groups in total. The summed E-state index contributed by atoms with van der Waals surface area (Å²) in [5, 5.41) is 0.493. The molecular formula is C9H13ClN4. The van der Waals surface area contributed by atoms with Crippen molar-refractivity contribution in [2.75, 3.05) is 18.0 Å². The summed E-state index contributed by atoms with van der Waals surface area (Å²) in [6.45, 7) is 3.64. The first kappa shape index (κ1) is 9.68. The number of hydrogen-bond acceptors (Lipinski definition) is 4. The smallest absolute Gasteiger partial charge is 0.134 e. The van der Waals surface area contributed by atoms with Crippen molar-refractivity contribution in [2.24, 2.45) is 5.73 Å². The zero-order chi connectivity index (χ0) is 10.1. The number of aromatic nitrogens is 2. The molecule has 0 aromatic carbocycles. The van der Waals surface area contributed by atoms with Gasteiger partial charge < -0.3 is 10.6 Å². The fourth-order valence-electron chi connectivity index (χ4n) is 1.67. The standard InChI is InChI=1S/C9H13ClN4/c1-6-12-8(10)4-9(13-6)14-3-2-7(11)5-14/h4,7H,2-3,5,11H2,1H3/t7-/m1/s1. The summed E-state index contributed by atoms with van der Waals surface area (Å²) < 4.78 is 0. The predicted molar refractivity (Wildman–Crippen MR) is 56.6 cm³/mol. The maximum Gasteiger partial charge on any atom is 0.134 e. The third-order valence-corrected chi connectivity index (χ3v) is 2.54. The Morgan fingerprint density at radius 3 is 2.93 bits per heavy atom. The van der Waals surface area contributed by atoms with Gasteiger partial charge in [0.25, 0.3) is 0 Å². The van der Waals surface area contributed by atoms with Gasteiger partial charge in [-0.1, -0.05) is 11.6 Å². The molecule has 1 aromatic rings. The van der Waals surface area contributed by atoms with Gasteiger partial charge in [-0.05, 0) is 13.3 Å². The second kappa shape index (κ2) is 3.71. The number of rotatable bonds is 1.